The van der Waals surface area contributed by atoms with Crippen LogP contribution in [0.1, 0.15) is 51.0 Å². The Hall–Kier alpha value is 0.140. The molecule has 0 radical (unpaired) electrons. The van der Waals surface area contributed by atoms with Gasteiger partial charge in [-0.25, -0.2) is 0 Å². The van der Waals surface area contributed by atoms with Gasteiger partial charge in [0.25, 0.3) is 0 Å². The molecule has 0 aromatic carbocycles. The molecule has 3 unspecified atom stereocenters. The summed E-state index contributed by atoms with van der Waals surface area (Å²) in [7, 11) is 0. The summed E-state index contributed by atoms with van der Waals surface area (Å²) in [4.78, 5) is 0. The molecule has 0 spiro atoms. The van der Waals surface area contributed by atoms with Crippen molar-refractivity contribution in [1.29, 1.82) is 0 Å². The maximum Gasteiger partial charge on any atom is 0.0317 e. The molecule has 1 heterocycles. The SMILES string of the molecule is CCNCC1CCC(CC)CC1c1cscc1Br. The number of nitrogens with one attached hydrogen (secondary N) is 1. The summed E-state index contributed by atoms with van der Waals surface area (Å²) >= 11 is 5.56. The Kier molecular flexibility index (Phi) is 5.71. The van der Waals surface area contributed by atoms with Crippen molar-refractivity contribution >= 4 is 27.3 Å². The van der Waals surface area contributed by atoms with Gasteiger partial charge in [-0.15, -0.1) is 0 Å². The van der Waals surface area contributed by atoms with Crippen LogP contribution in [0.5, 0.6) is 0 Å². The molecular formula is C15H24BrNS. The molecule has 1 N–H and O–H groups in total. The summed E-state index contributed by atoms with van der Waals surface area (Å²) in [5.74, 6) is 2.50. The lowest BCUT2D eigenvalue weighted by molar-refractivity contribution is 0.226. The van der Waals surface area contributed by atoms with Crippen molar-refractivity contribution in [1.82, 2.24) is 5.32 Å². The highest BCUT2D eigenvalue weighted by atomic mass is 79.9. The van der Waals surface area contributed by atoms with Gasteiger partial charge in [0.2, 0.25) is 0 Å². The Morgan fingerprint density at radius 3 is 2.78 bits per heavy atom. The van der Waals surface area contributed by atoms with E-state index in [0.29, 0.717) is 0 Å². The van der Waals surface area contributed by atoms with Gasteiger partial charge in [-0.2, -0.15) is 11.3 Å². The highest BCUT2D eigenvalue weighted by Crippen LogP contribution is 2.44. The second kappa shape index (κ2) is 7.06. The number of hydrogen-bond acceptors (Lipinski definition) is 2. The first kappa shape index (κ1) is 14.5. The fourth-order valence-corrected chi connectivity index (χ4v) is 4.86. The van der Waals surface area contributed by atoms with Crippen LogP contribution in [-0.2, 0) is 0 Å². The summed E-state index contributed by atoms with van der Waals surface area (Å²) < 4.78 is 1.33. The maximum absolute atomic E-state index is 3.73. The van der Waals surface area contributed by atoms with E-state index in [1.165, 1.54) is 36.7 Å². The van der Waals surface area contributed by atoms with Crippen molar-refractivity contribution in [2.24, 2.45) is 11.8 Å². The van der Waals surface area contributed by atoms with Crippen molar-refractivity contribution in [3.63, 3.8) is 0 Å². The van der Waals surface area contributed by atoms with Crippen LogP contribution in [0.2, 0.25) is 0 Å². The van der Waals surface area contributed by atoms with Gasteiger partial charge >= 0.3 is 0 Å². The molecule has 102 valence electrons. The third-order valence-electron chi connectivity index (χ3n) is 4.38. The largest absolute Gasteiger partial charge is 0.317 e. The predicted molar refractivity (Wildman–Crippen MR) is 84.4 cm³/mol. The average molecular weight is 330 g/mol. The average Bonchev–Trinajstić information content (AvgIpc) is 2.82. The van der Waals surface area contributed by atoms with E-state index in [1.807, 2.05) is 11.3 Å². The van der Waals surface area contributed by atoms with Crippen molar-refractivity contribution in [2.45, 2.75) is 45.4 Å². The molecule has 1 saturated carbocycles. The highest BCUT2D eigenvalue weighted by molar-refractivity contribution is 9.10. The lowest BCUT2D eigenvalue weighted by Crippen LogP contribution is -2.31. The van der Waals surface area contributed by atoms with Crippen LogP contribution < -0.4 is 5.32 Å². The molecule has 1 aliphatic carbocycles. The van der Waals surface area contributed by atoms with Gasteiger partial charge in [-0.3, -0.25) is 0 Å². The minimum absolute atomic E-state index is 0.753. The van der Waals surface area contributed by atoms with Crippen molar-refractivity contribution in [3.05, 3.63) is 20.8 Å². The molecule has 1 aliphatic rings. The molecule has 1 aromatic rings. The van der Waals surface area contributed by atoms with Crippen molar-refractivity contribution in [2.75, 3.05) is 13.1 Å². The normalized spacial score (nSPS) is 28.5. The molecule has 18 heavy (non-hydrogen) atoms. The molecule has 0 amide bonds. The molecule has 1 nitrogen and oxygen atoms in total. The number of halogens is 1. The third-order valence-corrected chi connectivity index (χ3v) is 6.13. The standard InChI is InChI=1S/C15H24BrNS/c1-3-11-5-6-12(8-17-4-2)13(7-11)14-9-18-10-15(14)16/h9-13,17H,3-8H2,1-2H3. The second-order valence-corrected chi connectivity index (χ2v) is 7.03. The monoisotopic (exact) mass is 329 g/mol. The second-order valence-electron chi connectivity index (χ2n) is 5.44. The van der Waals surface area contributed by atoms with Gasteiger partial charge in [0, 0.05) is 9.85 Å². The van der Waals surface area contributed by atoms with Crippen LogP contribution in [0.25, 0.3) is 0 Å². The Balaban J connectivity index is 2.11. The highest BCUT2D eigenvalue weighted by Gasteiger charge is 2.31. The van der Waals surface area contributed by atoms with Crippen LogP contribution in [-0.4, -0.2) is 13.1 Å². The summed E-state index contributed by atoms with van der Waals surface area (Å²) in [5, 5.41) is 8.13. The first-order valence-corrected chi connectivity index (χ1v) is 8.92. The Morgan fingerprint density at radius 1 is 1.33 bits per heavy atom. The van der Waals surface area contributed by atoms with E-state index < -0.39 is 0 Å². The summed E-state index contributed by atoms with van der Waals surface area (Å²) in [5.41, 5.74) is 1.56. The topological polar surface area (TPSA) is 12.0 Å². The van der Waals surface area contributed by atoms with Gasteiger partial charge < -0.3 is 5.32 Å². The molecular weight excluding hydrogens is 306 g/mol. The quantitative estimate of drug-likeness (QED) is 0.798. The maximum atomic E-state index is 3.73. The minimum atomic E-state index is 0.753. The van der Waals surface area contributed by atoms with E-state index in [-0.39, 0.29) is 0 Å². The van der Waals surface area contributed by atoms with Crippen LogP contribution in [0, 0.1) is 11.8 Å². The lowest BCUT2D eigenvalue weighted by atomic mass is 9.71. The van der Waals surface area contributed by atoms with Crippen LogP contribution in [0.3, 0.4) is 0 Å². The lowest BCUT2D eigenvalue weighted by Gasteiger charge is -2.36. The van der Waals surface area contributed by atoms with E-state index in [0.717, 1.165) is 24.3 Å². The predicted octanol–water partition coefficient (Wildman–Crippen LogP) is 5.03. The summed E-state index contributed by atoms with van der Waals surface area (Å²) in [6.07, 6.45) is 5.53. The third kappa shape index (κ3) is 3.37. The molecule has 0 bridgehead atoms. The smallest absolute Gasteiger partial charge is 0.0317 e. The Morgan fingerprint density at radius 2 is 2.17 bits per heavy atom. The van der Waals surface area contributed by atoms with Gasteiger partial charge in [-0.1, -0.05) is 26.7 Å². The van der Waals surface area contributed by atoms with Crippen LogP contribution in [0.15, 0.2) is 15.2 Å². The van der Waals surface area contributed by atoms with E-state index in [1.54, 1.807) is 5.56 Å². The number of hydrogen-bond donors (Lipinski definition) is 1. The first-order valence-electron chi connectivity index (χ1n) is 7.18. The fourth-order valence-electron chi connectivity index (χ4n) is 3.20. The Labute approximate surface area is 123 Å². The minimum Gasteiger partial charge on any atom is -0.317 e. The zero-order chi connectivity index (χ0) is 13.0. The number of thiophene rings is 1. The fraction of sp³-hybridized carbons (Fsp3) is 0.733. The van der Waals surface area contributed by atoms with Gasteiger partial charge in [0.1, 0.15) is 0 Å². The van der Waals surface area contributed by atoms with E-state index in [2.05, 4.69) is 45.9 Å². The van der Waals surface area contributed by atoms with Gasteiger partial charge in [-0.05, 0) is 70.6 Å². The first-order chi connectivity index (χ1) is 8.76. The van der Waals surface area contributed by atoms with Crippen LogP contribution in [0.4, 0.5) is 0 Å². The summed E-state index contributed by atoms with van der Waals surface area (Å²) in [6, 6.07) is 0. The molecule has 1 aromatic heterocycles. The Bertz CT molecular complexity index is 363. The molecule has 3 atom stereocenters. The molecule has 0 aliphatic heterocycles. The number of rotatable bonds is 5. The zero-order valence-electron chi connectivity index (χ0n) is 11.4. The zero-order valence-corrected chi connectivity index (χ0v) is 13.8. The molecule has 0 saturated heterocycles. The van der Waals surface area contributed by atoms with E-state index in [4.69, 9.17) is 0 Å². The van der Waals surface area contributed by atoms with Crippen LogP contribution >= 0.6 is 27.3 Å². The van der Waals surface area contributed by atoms with E-state index >= 15 is 0 Å². The molecule has 3 heteroatoms. The molecule has 2 rings (SSSR count). The molecule has 1 fully saturated rings. The van der Waals surface area contributed by atoms with Crippen molar-refractivity contribution < 1.29 is 0 Å². The van der Waals surface area contributed by atoms with Gasteiger partial charge in [0.15, 0.2) is 0 Å². The van der Waals surface area contributed by atoms with E-state index in [9.17, 15) is 0 Å². The van der Waals surface area contributed by atoms with Gasteiger partial charge in [0.05, 0.1) is 0 Å². The van der Waals surface area contributed by atoms with Crippen molar-refractivity contribution in [3.8, 4) is 0 Å². The summed E-state index contributed by atoms with van der Waals surface area (Å²) in [6.45, 7) is 6.81.